The third-order valence-electron chi connectivity index (χ3n) is 4.07. The van der Waals surface area contributed by atoms with Crippen molar-refractivity contribution in [1.29, 1.82) is 0 Å². The van der Waals surface area contributed by atoms with Crippen LogP contribution in [-0.4, -0.2) is 35.9 Å². The first-order valence-corrected chi connectivity index (χ1v) is 8.61. The summed E-state index contributed by atoms with van der Waals surface area (Å²) in [4.78, 5) is 11.9. The van der Waals surface area contributed by atoms with E-state index in [9.17, 15) is 18.3 Å². The lowest BCUT2D eigenvalue weighted by molar-refractivity contribution is -0.147. The lowest BCUT2D eigenvalue weighted by atomic mass is 9.92. The lowest BCUT2D eigenvalue weighted by Crippen LogP contribution is -2.52. The fourth-order valence-electron chi connectivity index (χ4n) is 3.09. The maximum absolute atomic E-state index is 12.8. The molecule has 1 aliphatic rings. The normalized spacial score (nSPS) is 23.3. The summed E-state index contributed by atoms with van der Waals surface area (Å²) in [5.74, 6) is -1.04. The van der Waals surface area contributed by atoms with Crippen LogP contribution in [0.15, 0.2) is 29.2 Å². The van der Waals surface area contributed by atoms with Gasteiger partial charge in [-0.3, -0.25) is 4.79 Å². The van der Waals surface area contributed by atoms with Gasteiger partial charge in [-0.2, -0.15) is 4.31 Å². The van der Waals surface area contributed by atoms with Crippen molar-refractivity contribution in [1.82, 2.24) is 4.31 Å². The Bertz CT molecular complexity index is 641. The molecule has 116 valence electrons. The summed E-state index contributed by atoms with van der Waals surface area (Å²) < 4.78 is 26.9. The molecule has 1 aliphatic heterocycles. The van der Waals surface area contributed by atoms with E-state index >= 15 is 0 Å². The Morgan fingerprint density at radius 3 is 2.71 bits per heavy atom. The van der Waals surface area contributed by atoms with E-state index in [2.05, 4.69) is 0 Å². The van der Waals surface area contributed by atoms with Crippen molar-refractivity contribution in [2.45, 2.75) is 50.0 Å². The van der Waals surface area contributed by atoms with E-state index in [1.165, 1.54) is 10.4 Å². The van der Waals surface area contributed by atoms with Crippen LogP contribution in [0.1, 0.15) is 38.2 Å². The summed E-state index contributed by atoms with van der Waals surface area (Å²) in [5.41, 5.74) is -0.455. The van der Waals surface area contributed by atoms with E-state index in [0.717, 1.165) is 5.56 Å². The number of nitrogens with zero attached hydrogens (tertiary/aromatic N) is 1. The van der Waals surface area contributed by atoms with Gasteiger partial charge < -0.3 is 5.11 Å². The first-order chi connectivity index (χ1) is 9.84. The molecule has 5 nitrogen and oxygen atoms in total. The Kier molecular flexibility index (Phi) is 4.39. The summed E-state index contributed by atoms with van der Waals surface area (Å²) in [5, 5.41) is 9.62. The number of benzene rings is 1. The van der Waals surface area contributed by atoms with Gasteiger partial charge in [0, 0.05) is 6.54 Å². The molecule has 6 heteroatoms. The van der Waals surface area contributed by atoms with Crippen molar-refractivity contribution in [2.24, 2.45) is 0 Å². The van der Waals surface area contributed by atoms with Gasteiger partial charge in [-0.15, -0.1) is 0 Å². The topological polar surface area (TPSA) is 74.7 Å². The molecule has 0 radical (unpaired) electrons. The molecular weight excluding hydrogens is 290 g/mol. The molecule has 1 atom stereocenters. The Labute approximate surface area is 125 Å². The number of aliphatic carboxylic acids is 1. The number of carbonyl (C=O) groups is 1. The first kappa shape index (κ1) is 16.0. The standard InChI is InChI=1S/C15H21NO4S/c1-3-8-15(14(17)18)9-5-10-16(15)21(19,20)13-7-4-6-12(2)11-13/h4,6-7,11H,3,5,8-10H2,1-2H3,(H,17,18). The fraction of sp³-hybridized carbons (Fsp3) is 0.533. The van der Waals surface area contributed by atoms with E-state index in [-0.39, 0.29) is 11.4 Å². The van der Waals surface area contributed by atoms with Crippen LogP contribution in [0.4, 0.5) is 0 Å². The number of sulfonamides is 1. The van der Waals surface area contributed by atoms with Gasteiger partial charge in [-0.1, -0.05) is 25.5 Å². The maximum atomic E-state index is 12.8. The first-order valence-electron chi connectivity index (χ1n) is 7.17. The number of hydrogen-bond acceptors (Lipinski definition) is 3. The lowest BCUT2D eigenvalue weighted by Gasteiger charge is -2.33. The molecule has 1 aromatic rings. The van der Waals surface area contributed by atoms with Gasteiger partial charge in [-0.25, -0.2) is 8.42 Å². The molecule has 1 saturated heterocycles. The van der Waals surface area contributed by atoms with Crippen molar-refractivity contribution in [3.8, 4) is 0 Å². The predicted octanol–water partition coefficient (Wildman–Crippen LogP) is 2.40. The highest BCUT2D eigenvalue weighted by Crippen LogP contribution is 2.38. The monoisotopic (exact) mass is 311 g/mol. The molecule has 1 aromatic carbocycles. The highest BCUT2D eigenvalue weighted by Gasteiger charge is 2.52. The fourth-order valence-corrected chi connectivity index (χ4v) is 5.02. The molecule has 0 saturated carbocycles. The molecule has 0 aliphatic carbocycles. The third kappa shape index (κ3) is 2.70. The van der Waals surface area contributed by atoms with Crippen LogP contribution in [0.2, 0.25) is 0 Å². The van der Waals surface area contributed by atoms with Crippen molar-refractivity contribution in [3.05, 3.63) is 29.8 Å². The van der Waals surface area contributed by atoms with E-state index in [0.29, 0.717) is 25.7 Å². The Morgan fingerprint density at radius 1 is 1.43 bits per heavy atom. The largest absolute Gasteiger partial charge is 0.480 e. The molecule has 0 amide bonds. The Balaban J connectivity index is 2.50. The number of carboxylic acid groups (broad SMARTS) is 1. The minimum atomic E-state index is -3.78. The highest BCUT2D eigenvalue weighted by molar-refractivity contribution is 7.89. The Hall–Kier alpha value is -1.40. The molecule has 1 heterocycles. The van der Waals surface area contributed by atoms with Crippen LogP contribution in [0.25, 0.3) is 0 Å². The number of carboxylic acids is 1. The second-order valence-corrected chi connectivity index (χ2v) is 7.45. The zero-order chi connectivity index (χ0) is 15.7. The molecule has 2 rings (SSSR count). The van der Waals surface area contributed by atoms with Crippen LogP contribution in [0.5, 0.6) is 0 Å². The molecule has 0 bridgehead atoms. The van der Waals surface area contributed by atoms with Gasteiger partial charge >= 0.3 is 5.97 Å². The average Bonchev–Trinajstić information content (AvgIpc) is 2.85. The second kappa shape index (κ2) is 5.77. The van der Waals surface area contributed by atoms with Crippen LogP contribution >= 0.6 is 0 Å². The zero-order valence-corrected chi connectivity index (χ0v) is 13.2. The SMILES string of the molecule is CCCC1(C(=O)O)CCCN1S(=O)(=O)c1cccc(C)c1. The minimum absolute atomic E-state index is 0.172. The van der Waals surface area contributed by atoms with Crippen molar-refractivity contribution >= 4 is 16.0 Å². The summed E-state index contributed by atoms with van der Waals surface area (Å²) in [6.07, 6.45) is 1.93. The quantitative estimate of drug-likeness (QED) is 0.906. The smallest absolute Gasteiger partial charge is 0.325 e. The van der Waals surface area contributed by atoms with Crippen molar-refractivity contribution in [3.63, 3.8) is 0 Å². The minimum Gasteiger partial charge on any atom is -0.480 e. The number of rotatable bonds is 5. The van der Waals surface area contributed by atoms with Gasteiger partial charge in [0.15, 0.2) is 0 Å². The summed E-state index contributed by atoms with van der Waals surface area (Å²) in [6, 6.07) is 6.62. The number of aryl methyl sites for hydroxylation is 1. The van der Waals surface area contributed by atoms with Crippen LogP contribution < -0.4 is 0 Å². The highest BCUT2D eigenvalue weighted by atomic mass is 32.2. The molecule has 0 aromatic heterocycles. The van der Waals surface area contributed by atoms with Crippen LogP contribution in [0, 0.1) is 6.92 Å². The summed E-state index contributed by atoms with van der Waals surface area (Å²) in [7, 11) is -3.78. The molecule has 21 heavy (non-hydrogen) atoms. The van der Waals surface area contributed by atoms with Crippen LogP contribution in [-0.2, 0) is 14.8 Å². The summed E-state index contributed by atoms with van der Waals surface area (Å²) in [6.45, 7) is 3.96. The van der Waals surface area contributed by atoms with Gasteiger partial charge in [0.1, 0.15) is 5.54 Å². The van der Waals surface area contributed by atoms with E-state index in [1.807, 2.05) is 19.9 Å². The van der Waals surface area contributed by atoms with E-state index in [4.69, 9.17) is 0 Å². The maximum Gasteiger partial charge on any atom is 0.325 e. The predicted molar refractivity (Wildman–Crippen MR) is 79.6 cm³/mol. The zero-order valence-electron chi connectivity index (χ0n) is 12.4. The van der Waals surface area contributed by atoms with Crippen molar-refractivity contribution < 1.29 is 18.3 Å². The van der Waals surface area contributed by atoms with Crippen LogP contribution in [0.3, 0.4) is 0 Å². The Morgan fingerprint density at radius 2 is 2.14 bits per heavy atom. The van der Waals surface area contributed by atoms with Gasteiger partial charge in [-0.05, 0) is 43.9 Å². The molecule has 0 spiro atoms. The molecule has 1 N–H and O–H groups in total. The van der Waals surface area contributed by atoms with Gasteiger partial charge in [0.05, 0.1) is 4.90 Å². The molecule has 1 unspecified atom stereocenters. The van der Waals surface area contributed by atoms with Crippen molar-refractivity contribution in [2.75, 3.05) is 6.54 Å². The molecule has 1 fully saturated rings. The van der Waals surface area contributed by atoms with E-state index < -0.39 is 21.5 Å². The average molecular weight is 311 g/mol. The molecular formula is C15H21NO4S. The summed E-state index contributed by atoms with van der Waals surface area (Å²) >= 11 is 0. The third-order valence-corrected chi connectivity index (χ3v) is 6.03. The number of hydrogen-bond donors (Lipinski definition) is 1. The van der Waals surface area contributed by atoms with E-state index in [1.54, 1.807) is 12.1 Å². The second-order valence-electron chi connectivity index (χ2n) is 5.58. The van der Waals surface area contributed by atoms with Gasteiger partial charge in [0.2, 0.25) is 10.0 Å². The van der Waals surface area contributed by atoms with Gasteiger partial charge in [0.25, 0.3) is 0 Å².